The maximum absolute atomic E-state index is 12.3. The SMILES string of the molecule is C[C@@H]1OCC2(CCN(c3cnc4c(N5CCN(S(C)(=O)=O)c6ccccc65)n[nH]c4n3)CC2)[C@@H]1N. The summed E-state index contributed by atoms with van der Waals surface area (Å²) < 4.78 is 31.9. The minimum Gasteiger partial charge on any atom is -0.376 e. The molecule has 12 heteroatoms. The summed E-state index contributed by atoms with van der Waals surface area (Å²) in [5.41, 5.74) is 9.18. The monoisotopic (exact) mass is 498 g/mol. The third-order valence-corrected chi connectivity index (χ3v) is 8.97. The average molecular weight is 499 g/mol. The first kappa shape index (κ1) is 22.5. The van der Waals surface area contributed by atoms with E-state index in [-0.39, 0.29) is 17.6 Å². The molecule has 2 fully saturated rings. The molecule has 3 N–H and O–H groups in total. The molecule has 6 rings (SSSR count). The largest absolute Gasteiger partial charge is 0.376 e. The Morgan fingerprint density at radius 1 is 1.14 bits per heavy atom. The number of aromatic amines is 1. The molecule has 0 aliphatic carbocycles. The lowest BCUT2D eigenvalue weighted by Crippen LogP contribution is -2.50. The fourth-order valence-electron chi connectivity index (χ4n) is 5.67. The maximum Gasteiger partial charge on any atom is 0.232 e. The predicted octanol–water partition coefficient (Wildman–Crippen LogP) is 1.60. The molecule has 5 heterocycles. The second-order valence-electron chi connectivity index (χ2n) is 9.84. The number of fused-ring (bicyclic) bond motifs is 2. The first-order valence-corrected chi connectivity index (χ1v) is 13.8. The molecule has 35 heavy (non-hydrogen) atoms. The normalized spacial score (nSPS) is 24.4. The van der Waals surface area contributed by atoms with Crippen LogP contribution in [0.4, 0.5) is 23.0 Å². The van der Waals surface area contributed by atoms with E-state index < -0.39 is 10.0 Å². The van der Waals surface area contributed by atoms with Crippen LogP contribution in [0.3, 0.4) is 0 Å². The van der Waals surface area contributed by atoms with Gasteiger partial charge in [-0.25, -0.2) is 18.4 Å². The van der Waals surface area contributed by atoms with Crippen molar-refractivity contribution in [1.29, 1.82) is 0 Å². The minimum absolute atomic E-state index is 0.0517. The van der Waals surface area contributed by atoms with E-state index in [0.29, 0.717) is 35.8 Å². The van der Waals surface area contributed by atoms with Gasteiger partial charge in [-0.05, 0) is 31.9 Å². The molecule has 3 aliphatic heterocycles. The van der Waals surface area contributed by atoms with Gasteiger partial charge in [0.05, 0.1) is 43.1 Å². The van der Waals surface area contributed by atoms with E-state index in [2.05, 4.69) is 22.0 Å². The summed E-state index contributed by atoms with van der Waals surface area (Å²) in [7, 11) is -3.38. The van der Waals surface area contributed by atoms with Crippen LogP contribution >= 0.6 is 0 Å². The second kappa shape index (κ2) is 8.04. The van der Waals surface area contributed by atoms with Crippen molar-refractivity contribution >= 4 is 44.2 Å². The lowest BCUT2D eigenvalue weighted by Gasteiger charge is -2.41. The van der Waals surface area contributed by atoms with E-state index in [1.54, 1.807) is 6.20 Å². The number of hydrogen-bond donors (Lipinski definition) is 2. The Balaban J connectivity index is 1.27. The molecule has 2 aromatic heterocycles. The summed E-state index contributed by atoms with van der Waals surface area (Å²) >= 11 is 0. The molecule has 11 nitrogen and oxygen atoms in total. The van der Waals surface area contributed by atoms with Crippen molar-refractivity contribution < 1.29 is 13.2 Å². The average Bonchev–Trinajstić information content (AvgIpc) is 3.40. The number of rotatable bonds is 3. The van der Waals surface area contributed by atoms with E-state index in [9.17, 15) is 8.42 Å². The van der Waals surface area contributed by atoms with Crippen LogP contribution in [0.2, 0.25) is 0 Å². The van der Waals surface area contributed by atoms with Gasteiger partial charge >= 0.3 is 0 Å². The summed E-state index contributed by atoms with van der Waals surface area (Å²) in [4.78, 5) is 13.8. The van der Waals surface area contributed by atoms with E-state index in [1.165, 1.54) is 10.6 Å². The van der Waals surface area contributed by atoms with Gasteiger partial charge in [0.2, 0.25) is 10.0 Å². The molecule has 0 saturated carbocycles. The van der Waals surface area contributed by atoms with E-state index in [0.717, 1.165) is 44.0 Å². The summed E-state index contributed by atoms with van der Waals surface area (Å²) in [6, 6.07) is 7.51. The number of piperidine rings is 1. The number of ether oxygens (including phenoxy) is 1. The standard InChI is InChI=1S/C23H30N8O3S/c1-15-20(24)23(14-34-15)7-9-29(10-8-23)18-13-25-19-21(26-18)27-28-22(19)30-11-12-31(35(2,32)33)17-6-4-3-5-16(17)30/h3-6,13,15,20H,7-12,14,24H2,1-2H3,(H,26,27,28)/t15-,20+/m0/s1. The zero-order valence-electron chi connectivity index (χ0n) is 19.9. The fraction of sp³-hybridized carbons (Fsp3) is 0.522. The van der Waals surface area contributed by atoms with E-state index in [1.807, 2.05) is 29.2 Å². The first-order valence-electron chi connectivity index (χ1n) is 11.9. The Morgan fingerprint density at radius 2 is 1.89 bits per heavy atom. The molecular weight excluding hydrogens is 468 g/mol. The van der Waals surface area contributed by atoms with Crippen LogP contribution in [0, 0.1) is 5.41 Å². The van der Waals surface area contributed by atoms with Gasteiger partial charge in [0.15, 0.2) is 17.0 Å². The number of sulfonamides is 1. The highest BCUT2D eigenvalue weighted by Gasteiger charge is 2.47. The van der Waals surface area contributed by atoms with Gasteiger partial charge in [-0.15, -0.1) is 0 Å². The van der Waals surface area contributed by atoms with Gasteiger partial charge in [-0.2, -0.15) is 5.10 Å². The molecule has 0 radical (unpaired) electrons. The van der Waals surface area contributed by atoms with E-state index >= 15 is 0 Å². The molecule has 1 spiro atoms. The lowest BCUT2D eigenvalue weighted by atomic mass is 9.73. The smallest absolute Gasteiger partial charge is 0.232 e. The molecule has 3 aromatic rings. The topological polar surface area (TPSA) is 134 Å². The van der Waals surface area contributed by atoms with Gasteiger partial charge in [-0.3, -0.25) is 9.40 Å². The Morgan fingerprint density at radius 3 is 2.57 bits per heavy atom. The predicted molar refractivity (Wildman–Crippen MR) is 135 cm³/mol. The minimum atomic E-state index is -3.38. The Hall–Kier alpha value is -2.96. The summed E-state index contributed by atoms with van der Waals surface area (Å²) in [5.74, 6) is 1.45. The number of H-pyrrole nitrogens is 1. The van der Waals surface area contributed by atoms with Crippen molar-refractivity contribution in [3.8, 4) is 0 Å². The van der Waals surface area contributed by atoms with Gasteiger partial charge in [0.1, 0.15) is 5.82 Å². The molecular formula is C23H30N8O3S. The Labute approximate surface area is 204 Å². The summed E-state index contributed by atoms with van der Waals surface area (Å²) in [6.45, 7) is 5.28. The van der Waals surface area contributed by atoms with E-state index in [4.69, 9.17) is 20.4 Å². The highest BCUT2D eigenvalue weighted by Crippen LogP contribution is 2.42. The second-order valence-corrected chi connectivity index (χ2v) is 11.7. The van der Waals surface area contributed by atoms with Crippen molar-refractivity contribution in [2.24, 2.45) is 11.1 Å². The highest BCUT2D eigenvalue weighted by atomic mass is 32.2. The van der Waals surface area contributed by atoms with Gasteiger partial charge in [0, 0.05) is 31.1 Å². The van der Waals surface area contributed by atoms with Gasteiger partial charge in [0.25, 0.3) is 0 Å². The number of nitrogens with two attached hydrogens (primary N) is 1. The van der Waals surface area contributed by atoms with Crippen LogP contribution in [0.1, 0.15) is 19.8 Å². The van der Waals surface area contributed by atoms with Crippen molar-refractivity contribution in [2.45, 2.75) is 31.9 Å². The lowest BCUT2D eigenvalue weighted by molar-refractivity contribution is 0.0974. The van der Waals surface area contributed by atoms with Crippen LogP contribution in [-0.2, 0) is 14.8 Å². The Kier molecular flexibility index (Phi) is 5.17. The van der Waals surface area contributed by atoms with Crippen molar-refractivity contribution in [3.63, 3.8) is 0 Å². The molecule has 0 amide bonds. The zero-order valence-corrected chi connectivity index (χ0v) is 20.7. The van der Waals surface area contributed by atoms with Crippen LogP contribution in [0.5, 0.6) is 0 Å². The van der Waals surface area contributed by atoms with Crippen molar-refractivity contribution in [1.82, 2.24) is 20.2 Å². The molecule has 0 bridgehead atoms. The third-order valence-electron chi connectivity index (χ3n) is 7.79. The molecule has 0 unspecified atom stereocenters. The van der Waals surface area contributed by atoms with Gasteiger partial charge < -0.3 is 20.3 Å². The number of nitrogens with one attached hydrogen (secondary N) is 1. The number of nitrogens with zero attached hydrogens (tertiary/aromatic N) is 6. The number of benzene rings is 1. The van der Waals surface area contributed by atoms with Crippen LogP contribution < -0.4 is 19.8 Å². The molecule has 186 valence electrons. The number of hydrogen-bond acceptors (Lipinski definition) is 9. The highest BCUT2D eigenvalue weighted by molar-refractivity contribution is 7.92. The van der Waals surface area contributed by atoms with Crippen molar-refractivity contribution in [3.05, 3.63) is 30.5 Å². The number of para-hydroxylation sites is 2. The van der Waals surface area contributed by atoms with Crippen LogP contribution in [0.15, 0.2) is 30.5 Å². The van der Waals surface area contributed by atoms with Crippen molar-refractivity contribution in [2.75, 3.05) is 53.1 Å². The fourth-order valence-corrected chi connectivity index (χ4v) is 6.60. The third kappa shape index (κ3) is 3.62. The quantitative estimate of drug-likeness (QED) is 0.552. The molecule has 2 saturated heterocycles. The Bertz CT molecular complexity index is 1370. The maximum atomic E-state index is 12.3. The molecule has 2 atom stereocenters. The summed E-state index contributed by atoms with van der Waals surface area (Å²) in [6.07, 6.45) is 5.06. The van der Waals surface area contributed by atoms with Crippen LogP contribution in [0.25, 0.3) is 11.2 Å². The molecule has 3 aliphatic rings. The molecule has 1 aromatic carbocycles. The summed E-state index contributed by atoms with van der Waals surface area (Å²) in [5, 5.41) is 7.56. The number of aromatic nitrogens is 4. The van der Waals surface area contributed by atoms with Gasteiger partial charge in [-0.1, -0.05) is 12.1 Å². The first-order chi connectivity index (χ1) is 16.8. The number of anilines is 4. The van der Waals surface area contributed by atoms with Crippen LogP contribution in [-0.4, -0.2) is 79.8 Å². The zero-order chi connectivity index (χ0) is 24.4.